The molecule has 1 saturated carbocycles. The summed E-state index contributed by atoms with van der Waals surface area (Å²) in [5.74, 6) is -1.19. The van der Waals surface area contributed by atoms with Crippen LogP contribution in [0.25, 0.3) is 0 Å². The highest BCUT2D eigenvalue weighted by Crippen LogP contribution is 2.28. The number of nitrogens with one attached hydrogen (secondary N) is 1. The number of carbonyl (C=O) groups excluding carboxylic acids is 2. The fourth-order valence-electron chi connectivity index (χ4n) is 2.35. The Morgan fingerprint density at radius 2 is 1.83 bits per heavy atom. The van der Waals surface area contributed by atoms with Crippen LogP contribution < -0.4 is 5.32 Å². The standard InChI is InChI=1S/C15H25F3N2O2S/c1-9(2)23-8-13(21)20(4)12-5-11(6-12)19-14(22)10(3)7-15(16,17)18/h9-12H,5-8H2,1-4H3,(H,19,22)/t10-,11?,12?/m1/s1. The molecule has 0 spiro atoms. The molecule has 0 aromatic carbocycles. The third-order valence-electron chi connectivity index (χ3n) is 3.93. The van der Waals surface area contributed by atoms with Gasteiger partial charge in [-0.1, -0.05) is 20.8 Å². The van der Waals surface area contributed by atoms with Crippen molar-refractivity contribution < 1.29 is 22.8 Å². The molecule has 4 nitrogen and oxygen atoms in total. The zero-order chi connectivity index (χ0) is 17.8. The average Bonchev–Trinajstić information content (AvgIpc) is 2.36. The zero-order valence-electron chi connectivity index (χ0n) is 13.9. The van der Waals surface area contributed by atoms with E-state index < -0.39 is 24.4 Å². The lowest BCUT2D eigenvalue weighted by molar-refractivity contribution is -0.153. The van der Waals surface area contributed by atoms with Gasteiger partial charge < -0.3 is 10.2 Å². The van der Waals surface area contributed by atoms with Gasteiger partial charge in [0.15, 0.2) is 0 Å². The van der Waals surface area contributed by atoms with Crippen LogP contribution in [0.2, 0.25) is 0 Å². The van der Waals surface area contributed by atoms with Gasteiger partial charge in [-0.2, -0.15) is 13.2 Å². The summed E-state index contributed by atoms with van der Waals surface area (Å²) in [5.41, 5.74) is 0. The number of rotatable bonds is 7. The lowest BCUT2D eigenvalue weighted by Crippen LogP contribution is -2.55. The number of carbonyl (C=O) groups is 2. The van der Waals surface area contributed by atoms with Gasteiger partial charge in [0.25, 0.3) is 0 Å². The second kappa shape index (κ2) is 8.26. The third-order valence-corrected chi connectivity index (χ3v) is 5.01. The fourth-order valence-corrected chi connectivity index (χ4v) is 3.03. The Morgan fingerprint density at radius 1 is 1.26 bits per heavy atom. The smallest absolute Gasteiger partial charge is 0.353 e. The summed E-state index contributed by atoms with van der Waals surface area (Å²) in [6.07, 6.45) is -4.25. The summed E-state index contributed by atoms with van der Waals surface area (Å²) < 4.78 is 36.8. The molecule has 1 atom stereocenters. The van der Waals surface area contributed by atoms with E-state index in [-0.39, 0.29) is 18.0 Å². The van der Waals surface area contributed by atoms with Gasteiger partial charge in [0, 0.05) is 25.0 Å². The largest absolute Gasteiger partial charge is 0.389 e. The molecular formula is C15H25F3N2O2S. The van der Waals surface area contributed by atoms with Crippen molar-refractivity contribution in [2.45, 2.75) is 63.5 Å². The van der Waals surface area contributed by atoms with Crippen LogP contribution in [0.1, 0.15) is 40.0 Å². The van der Waals surface area contributed by atoms with E-state index in [0.29, 0.717) is 23.8 Å². The van der Waals surface area contributed by atoms with E-state index in [9.17, 15) is 22.8 Å². The number of nitrogens with zero attached hydrogens (tertiary/aromatic N) is 1. The van der Waals surface area contributed by atoms with Gasteiger partial charge >= 0.3 is 6.18 Å². The molecule has 23 heavy (non-hydrogen) atoms. The van der Waals surface area contributed by atoms with E-state index in [1.165, 1.54) is 6.92 Å². The molecule has 1 fully saturated rings. The summed E-state index contributed by atoms with van der Waals surface area (Å²) in [4.78, 5) is 25.4. The number of alkyl halides is 3. The Bertz CT molecular complexity index is 423. The maximum absolute atomic E-state index is 12.3. The molecular weight excluding hydrogens is 329 g/mol. The van der Waals surface area contributed by atoms with Crippen molar-refractivity contribution in [3.63, 3.8) is 0 Å². The van der Waals surface area contributed by atoms with Crippen molar-refractivity contribution >= 4 is 23.6 Å². The van der Waals surface area contributed by atoms with Crippen LogP contribution in [0.5, 0.6) is 0 Å². The van der Waals surface area contributed by atoms with Gasteiger partial charge in [0.2, 0.25) is 11.8 Å². The molecule has 0 aromatic rings. The van der Waals surface area contributed by atoms with Crippen LogP contribution in [-0.4, -0.2) is 53.0 Å². The van der Waals surface area contributed by atoms with Gasteiger partial charge in [-0.15, -0.1) is 11.8 Å². The lowest BCUT2D eigenvalue weighted by Gasteiger charge is -2.41. The molecule has 0 heterocycles. The van der Waals surface area contributed by atoms with E-state index in [4.69, 9.17) is 0 Å². The van der Waals surface area contributed by atoms with Crippen LogP contribution in [-0.2, 0) is 9.59 Å². The fraction of sp³-hybridized carbons (Fsp3) is 0.867. The third kappa shape index (κ3) is 7.01. The molecule has 0 unspecified atom stereocenters. The number of hydrogen-bond donors (Lipinski definition) is 1. The molecule has 134 valence electrons. The van der Waals surface area contributed by atoms with Crippen LogP contribution >= 0.6 is 11.8 Å². The molecule has 0 radical (unpaired) electrons. The monoisotopic (exact) mass is 354 g/mol. The average molecular weight is 354 g/mol. The first-order chi connectivity index (χ1) is 10.5. The van der Waals surface area contributed by atoms with Crippen molar-refractivity contribution in [3.8, 4) is 0 Å². The SMILES string of the molecule is CC(C)SCC(=O)N(C)C1CC(NC(=O)[C@H](C)CC(F)(F)F)C1. The number of thioether (sulfide) groups is 1. The number of halogens is 3. The molecule has 1 rings (SSSR count). The quantitative estimate of drug-likeness (QED) is 0.765. The Hall–Kier alpha value is -0.920. The molecule has 0 aliphatic heterocycles. The highest BCUT2D eigenvalue weighted by Gasteiger charge is 2.37. The van der Waals surface area contributed by atoms with Gasteiger partial charge in [-0.05, 0) is 18.1 Å². The topological polar surface area (TPSA) is 49.4 Å². The summed E-state index contributed by atoms with van der Waals surface area (Å²) in [7, 11) is 1.73. The second-order valence-corrected chi connectivity index (χ2v) is 7.98. The number of amides is 2. The lowest BCUT2D eigenvalue weighted by atomic mass is 9.85. The summed E-state index contributed by atoms with van der Waals surface area (Å²) in [6.45, 7) is 5.32. The second-order valence-electron chi connectivity index (χ2n) is 6.42. The molecule has 0 bridgehead atoms. The molecule has 1 N–H and O–H groups in total. The van der Waals surface area contributed by atoms with Crippen molar-refractivity contribution in [1.29, 1.82) is 0 Å². The van der Waals surface area contributed by atoms with Crippen molar-refractivity contribution in [2.75, 3.05) is 12.8 Å². The van der Waals surface area contributed by atoms with E-state index in [1.54, 1.807) is 23.7 Å². The maximum atomic E-state index is 12.3. The molecule has 0 saturated heterocycles. The van der Waals surface area contributed by atoms with E-state index in [1.807, 2.05) is 13.8 Å². The van der Waals surface area contributed by atoms with Crippen molar-refractivity contribution in [2.24, 2.45) is 5.92 Å². The first kappa shape index (κ1) is 20.1. The van der Waals surface area contributed by atoms with Crippen molar-refractivity contribution in [3.05, 3.63) is 0 Å². The predicted molar refractivity (Wildman–Crippen MR) is 85.2 cm³/mol. The maximum Gasteiger partial charge on any atom is 0.389 e. The minimum atomic E-state index is -4.33. The van der Waals surface area contributed by atoms with E-state index in [2.05, 4.69) is 5.32 Å². The normalized spacial score (nSPS) is 22.4. The minimum Gasteiger partial charge on any atom is -0.353 e. The van der Waals surface area contributed by atoms with Crippen LogP contribution in [0, 0.1) is 5.92 Å². The first-order valence-corrected chi connectivity index (χ1v) is 8.79. The minimum absolute atomic E-state index is 0.0453. The summed E-state index contributed by atoms with van der Waals surface area (Å²) in [6, 6.07) is -0.0883. The zero-order valence-corrected chi connectivity index (χ0v) is 14.8. The summed E-state index contributed by atoms with van der Waals surface area (Å²) >= 11 is 1.57. The highest BCUT2D eigenvalue weighted by atomic mass is 32.2. The van der Waals surface area contributed by atoms with Crippen molar-refractivity contribution in [1.82, 2.24) is 10.2 Å². The van der Waals surface area contributed by atoms with Gasteiger partial charge in [0.1, 0.15) is 0 Å². The highest BCUT2D eigenvalue weighted by molar-refractivity contribution is 8.00. The van der Waals surface area contributed by atoms with Crippen LogP contribution in [0.3, 0.4) is 0 Å². The Morgan fingerprint density at radius 3 is 2.30 bits per heavy atom. The Labute approximate surface area is 139 Å². The van der Waals surface area contributed by atoms with Crippen LogP contribution in [0.4, 0.5) is 13.2 Å². The molecule has 1 aliphatic carbocycles. The van der Waals surface area contributed by atoms with Gasteiger partial charge in [-0.25, -0.2) is 0 Å². The van der Waals surface area contributed by atoms with Gasteiger partial charge in [-0.3, -0.25) is 9.59 Å². The van der Waals surface area contributed by atoms with Gasteiger partial charge in [0.05, 0.1) is 12.2 Å². The first-order valence-electron chi connectivity index (χ1n) is 7.74. The number of hydrogen-bond acceptors (Lipinski definition) is 3. The van der Waals surface area contributed by atoms with E-state index in [0.717, 1.165) is 0 Å². The summed E-state index contributed by atoms with van der Waals surface area (Å²) in [5, 5.41) is 3.02. The molecule has 0 aromatic heterocycles. The van der Waals surface area contributed by atoms with E-state index >= 15 is 0 Å². The Kier molecular flexibility index (Phi) is 7.23. The Balaban J connectivity index is 2.30. The molecule has 2 amide bonds. The predicted octanol–water partition coefficient (Wildman–Crippen LogP) is 2.82. The molecule has 8 heteroatoms. The van der Waals surface area contributed by atoms with Crippen LogP contribution in [0.15, 0.2) is 0 Å². The molecule has 1 aliphatic rings.